The van der Waals surface area contributed by atoms with Crippen molar-refractivity contribution in [3.63, 3.8) is 0 Å². The van der Waals surface area contributed by atoms with Crippen LogP contribution in [-0.4, -0.2) is 93.8 Å². The zero-order chi connectivity index (χ0) is 23.5. The number of fused-ring (bicyclic) bond motifs is 1. The van der Waals surface area contributed by atoms with E-state index in [1.807, 2.05) is 17.5 Å². The van der Waals surface area contributed by atoms with E-state index in [-0.39, 0.29) is 61.3 Å². The topological polar surface area (TPSA) is 171 Å². The second-order valence-electron chi connectivity index (χ2n) is 7.24. The molecule has 178 valence electrons. The minimum atomic E-state index is -1.22. The van der Waals surface area contributed by atoms with Crippen molar-refractivity contribution in [2.75, 3.05) is 18.1 Å². The van der Waals surface area contributed by atoms with Crippen LogP contribution < -0.4 is 34.9 Å². The Labute approximate surface area is 229 Å². The van der Waals surface area contributed by atoms with E-state index < -0.39 is 36.0 Å². The molecule has 2 aromatic rings. The number of tetrazole rings is 1. The van der Waals surface area contributed by atoms with E-state index in [0.29, 0.717) is 16.5 Å². The van der Waals surface area contributed by atoms with Crippen LogP contribution in [0.15, 0.2) is 33.9 Å². The Kier molecular flexibility index (Phi) is 9.57. The molecular formula is C18H21N6NaO6S3. The average molecular weight is 537 g/mol. The maximum absolute atomic E-state index is 12.7. The van der Waals surface area contributed by atoms with E-state index in [4.69, 9.17) is 5.11 Å². The molecular weight excluding hydrogens is 515 g/mol. The number of carboxylic acid groups (broad SMARTS) is 1. The van der Waals surface area contributed by atoms with E-state index in [1.54, 1.807) is 0 Å². The summed E-state index contributed by atoms with van der Waals surface area (Å²) < 4.78 is 1.32. The van der Waals surface area contributed by atoms with Crippen molar-refractivity contribution < 1.29 is 60.7 Å². The number of nitrogens with zero attached hydrogens (tertiary/aromatic N) is 5. The maximum atomic E-state index is 12.7. The summed E-state index contributed by atoms with van der Waals surface area (Å²) in [4.78, 5) is 39.1. The van der Waals surface area contributed by atoms with Crippen molar-refractivity contribution in [1.29, 1.82) is 0 Å². The summed E-state index contributed by atoms with van der Waals surface area (Å²) in [6.07, 6.45) is -0.861. The van der Waals surface area contributed by atoms with Crippen molar-refractivity contribution in [3.8, 4) is 0 Å². The summed E-state index contributed by atoms with van der Waals surface area (Å²) in [7, 11) is 0. The smallest absolute Gasteiger partial charge is 1.00 e. The van der Waals surface area contributed by atoms with E-state index in [9.17, 15) is 24.6 Å². The Morgan fingerprint density at radius 3 is 2.88 bits per heavy atom. The third-order valence-corrected chi connectivity index (χ3v) is 8.21. The van der Waals surface area contributed by atoms with Gasteiger partial charge in [-0.15, -0.1) is 28.2 Å². The molecule has 0 saturated carbocycles. The molecule has 2 aliphatic rings. The van der Waals surface area contributed by atoms with Crippen LogP contribution in [0.25, 0.3) is 0 Å². The van der Waals surface area contributed by atoms with Gasteiger partial charge in [-0.25, -0.2) is 9.48 Å². The van der Waals surface area contributed by atoms with Crippen LogP contribution in [0, 0.1) is 0 Å². The zero-order valence-electron chi connectivity index (χ0n) is 19.0. The Bertz CT molecular complexity index is 1090. The van der Waals surface area contributed by atoms with E-state index in [2.05, 4.69) is 20.8 Å². The molecule has 4 heterocycles. The molecule has 2 amide bonds. The third kappa shape index (κ3) is 5.84. The number of aliphatic carboxylic acids is 1. The first-order valence-electron chi connectivity index (χ1n) is 9.78. The first kappa shape index (κ1) is 27.1. The molecule has 2 aliphatic heterocycles. The maximum Gasteiger partial charge on any atom is 1.00 e. The number of aliphatic hydroxyl groups excluding tert-OH is 2. The number of amides is 2. The molecule has 0 radical (unpaired) electrons. The van der Waals surface area contributed by atoms with Gasteiger partial charge in [0.2, 0.25) is 11.1 Å². The van der Waals surface area contributed by atoms with Crippen molar-refractivity contribution >= 4 is 52.6 Å². The van der Waals surface area contributed by atoms with Gasteiger partial charge < -0.3 is 22.1 Å². The largest absolute Gasteiger partial charge is 1.00 e. The fraction of sp³-hybridized carbons (Fsp3) is 0.444. The molecule has 2 unspecified atom stereocenters. The second-order valence-corrected chi connectivity index (χ2v) is 10.3. The third-order valence-electron chi connectivity index (χ3n) is 4.95. The van der Waals surface area contributed by atoms with Crippen LogP contribution in [-0.2, 0) is 27.3 Å². The van der Waals surface area contributed by atoms with Crippen molar-refractivity contribution in [1.82, 2.24) is 30.4 Å². The number of β-lactam (4-membered cyclic amide) rings is 1. The van der Waals surface area contributed by atoms with Gasteiger partial charge in [0.25, 0.3) is 5.91 Å². The van der Waals surface area contributed by atoms with E-state index in [1.165, 1.54) is 44.4 Å². The number of rotatable bonds is 10. The molecule has 0 spiro atoms. The van der Waals surface area contributed by atoms with Gasteiger partial charge in [-0.1, -0.05) is 17.8 Å². The van der Waals surface area contributed by atoms with Gasteiger partial charge in [-0.3, -0.25) is 14.5 Å². The van der Waals surface area contributed by atoms with Crippen LogP contribution in [0.1, 0.15) is 6.30 Å². The zero-order valence-corrected chi connectivity index (χ0v) is 22.5. The molecule has 4 N–H and O–H groups in total. The van der Waals surface area contributed by atoms with Crippen molar-refractivity contribution in [3.05, 3.63) is 33.7 Å². The summed E-state index contributed by atoms with van der Waals surface area (Å²) in [5.41, 5.74) is 0.442. The monoisotopic (exact) mass is 536 g/mol. The van der Waals surface area contributed by atoms with Crippen LogP contribution in [0.3, 0.4) is 0 Å². The van der Waals surface area contributed by atoms with Crippen LogP contribution in [0.5, 0.6) is 0 Å². The molecule has 34 heavy (non-hydrogen) atoms. The summed E-state index contributed by atoms with van der Waals surface area (Å²) >= 11 is 4.01. The summed E-state index contributed by atoms with van der Waals surface area (Å²) in [5, 5.41) is 44.0. The van der Waals surface area contributed by atoms with Gasteiger partial charge in [0.1, 0.15) is 17.1 Å². The first-order chi connectivity index (χ1) is 15.9. The predicted octanol–water partition coefficient (Wildman–Crippen LogP) is -3.72. The minimum Gasteiger partial charge on any atom is -1.00 e. The average Bonchev–Trinajstić information content (AvgIpc) is 3.47. The normalized spacial score (nSPS) is 20.3. The number of carbonyl (C=O) groups excluding carboxylic acids is 2. The van der Waals surface area contributed by atoms with Crippen LogP contribution >= 0.6 is 34.9 Å². The fourth-order valence-corrected chi connectivity index (χ4v) is 6.49. The van der Waals surface area contributed by atoms with Gasteiger partial charge in [-0.2, -0.15) is 0 Å². The number of hydrogen-bond acceptors (Lipinski definition) is 11. The van der Waals surface area contributed by atoms with Gasteiger partial charge >= 0.3 is 35.5 Å². The number of hydrogen-bond donors (Lipinski definition) is 4. The summed E-state index contributed by atoms with van der Waals surface area (Å²) in [5.74, 6) is -1.38. The minimum absolute atomic E-state index is 0. The molecule has 12 nitrogen and oxygen atoms in total. The second kappa shape index (κ2) is 12.0. The number of carbonyl (C=O) groups is 3. The van der Waals surface area contributed by atoms with Gasteiger partial charge in [-0.05, 0) is 27.4 Å². The van der Waals surface area contributed by atoms with E-state index in [0.717, 1.165) is 4.88 Å². The van der Waals surface area contributed by atoms with Crippen LogP contribution in [0.4, 0.5) is 0 Å². The Morgan fingerprint density at radius 1 is 1.41 bits per heavy atom. The predicted molar refractivity (Wildman–Crippen MR) is 120 cm³/mol. The van der Waals surface area contributed by atoms with Gasteiger partial charge in [0.05, 0.1) is 25.7 Å². The molecule has 1 fully saturated rings. The molecule has 4 rings (SSSR count). The standard InChI is InChI=1S/C18H20N6O6S3.Na.H/c25-6-10(26)5-23-18(20-21-22-23)33-8-9-7-32-16-13(15(28)24(16)14(9)17(29)30)19-12(27)4-11-2-1-3-31-11;;/h1-3,10,13,16,25-26H,4-8H2,(H,19,27)(H,29,30);;/q;+1;-1/t10?,13?,16-;;/m1../s1. The number of aromatic nitrogens is 4. The molecule has 0 bridgehead atoms. The number of thiophene rings is 1. The Morgan fingerprint density at radius 2 is 2.21 bits per heavy atom. The number of carboxylic acids is 1. The quantitative estimate of drug-likeness (QED) is 0.134. The SMILES string of the molecule is O=C(Cc1cccs1)NC1C(=O)N2C(C(=O)O)=C(CSc3nnnn3CC(O)CO)CS[C@H]12.[H-].[Na+]. The molecule has 2 aromatic heterocycles. The summed E-state index contributed by atoms with van der Waals surface area (Å²) in [6.45, 7) is -0.455. The van der Waals surface area contributed by atoms with Crippen molar-refractivity contribution in [2.24, 2.45) is 0 Å². The molecule has 0 aliphatic carbocycles. The van der Waals surface area contributed by atoms with Crippen LogP contribution in [0.2, 0.25) is 0 Å². The Hall–Kier alpha value is -1.46. The Balaban J connectivity index is 0.00000216. The first-order valence-corrected chi connectivity index (χ1v) is 12.7. The molecule has 16 heteroatoms. The van der Waals surface area contributed by atoms with E-state index >= 15 is 0 Å². The van der Waals surface area contributed by atoms with Gasteiger partial charge in [0.15, 0.2) is 0 Å². The molecule has 1 saturated heterocycles. The molecule has 0 aromatic carbocycles. The summed E-state index contributed by atoms with van der Waals surface area (Å²) in [6, 6.07) is 2.92. The number of thioether (sulfide) groups is 2. The number of nitrogens with one attached hydrogen (secondary N) is 1. The van der Waals surface area contributed by atoms with Gasteiger partial charge in [0, 0.05) is 16.4 Å². The molecule has 3 atom stereocenters. The number of aliphatic hydroxyl groups is 2. The van der Waals surface area contributed by atoms with Crippen molar-refractivity contribution in [2.45, 2.75) is 35.6 Å². The fourth-order valence-electron chi connectivity index (χ4n) is 3.41.